The first-order valence-electron chi connectivity index (χ1n) is 9.74. The molecule has 1 aromatic heterocycles. The topological polar surface area (TPSA) is 36.4 Å². The molecule has 2 aliphatic rings. The number of carbonyl (C=O) groups is 1. The lowest BCUT2D eigenvalue weighted by atomic mass is 9.98. The monoisotopic (exact) mass is 377 g/mol. The van der Waals surface area contributed by atoms with Crippen LogP contribution in [0.5, 0.6) is 0 Å². The molecule has 5 rings (SSSR count). The van der Waals surface area contributed by atoms with E-state index in [0.29, 0.717) is 12.5 Å². The number of rotatable bonds is 3. The number of hydrogen-bond donors (Lipinski definition) is 0. The van der Waals surface area contributed by atoms with Crippen LogP contribution in [0, 0.1) is 0 Å². The maximum Gasteiger partial charge on any atom is 0.242 e. The second-order valence-corrected chi connectivity index (χ2v) is 8.56. The molecule has 2 aromatic carbocycles. The molecule has 0 bridgehead atoms. The fraction of sp³-hybridized carbons (Fsp3) is 0.364. The highest BCUT2D eigenvalue weighted by Gasteiger charge is 2.29. The summed E-state index contributed by atoms with van der Waals surface area (Å²) in [6.45, 7) is 3.10. The van der Waals surface area contributed by atoms with Crippen LogP contribution in [-0.2, 0) is 11.2 Å². The fourth-order valence-corrected chi connectivity index (χ4v) is 5.40. The predicted octanol–water partition coefficient (Wildman–Crippen LogP) is 4.07. The van der Waals surface area contributed by atoms with Crippen LogP contribution < -0.4 is 4.90 Å². The van der Waals surface area contributed by atoms with Gasteiger partial charge < -0.3 is 9.80 Å². The second kappa shape index (κ2) is 6.97. The average molecular weight is 378 g/mol. The van der Waals surface area contributed by atoms with Crippen LogP contribution in [0.15, 0.2) is 48.5 Å². The van der Waals surface area contributed by atoms with Crippen LogP contribution in [0.3, 0.4) is 0 Å². The van der Waals surface area contributed by atoms with Gasteiger partial charge in [0.05, 0.1) is 21.8 Å². The molecule has 138 valence electrons. The summed E-state index contributed by atoms with van der Waals surface area (Å²) in [7, 11) is 0. The molecule has 1 amide bonds. The van der Waals surface area contributed by atoms with E-state index in [4.69, 9.17) is 4.98 Å². The van der Waals surface area contributed by atoms with Gasteiger partial charge in [-0.3, -0.25) is 4.79 Å². The summed E-state index contributed by atoms with van der Waals surface area (Å²) in [5.74, 6) is 0.614. The van der Waals surface area contributed by atoms with Crippen molar-refractivity contribution in [3.8, 4) is 0 Å². The Morgan fingerprint density at radius 1 is 1.11 bits per heavy atom. The minimum atomic E-state index is 0.248. The number of anilines is 1. The fourth-order valence-electron chi connectivity index (χ4n) is 4.30. The standard InChI is InChI=1S/C22H23N3OS/c26-21(15-24-13-11-16-6-1-3-9-19(16)24)25-12-5-7-17(14-25)22-23-18-8-2-4-10-20(18)27-22/h1-4,6,8-10,17H,5,7,11-15H2/t17-/m0/s1. The number of hydrogen-bond acceptors (Lipinski definition) is 4. The first-order chi connectivity index (χ1) is 13.3. The van der Waals surface area contributed by atoms with Crippen LogP contribution in [-0.4, -0.2) is 42.0 Å². The molecule has 27 heavy (non-hydrogen) atoms. The van der Waals surface area contributed by atoms with E-state index in [2.05, 4.69) is 52.3 Å². The SMILES string of the molecule is O=C(CN1CCc2ccccc21)N1CCC[C@H](c2nc3ccccc3s2)C1. The first kappa shape index (κ1) is 16.8. The van der Waals surface area contributed by atoms with Gasteiger partial charge in [0.2, 0.25) is 5.91 Å². The largest absolute Gasteiger partial charge is 0.362 e. The molecule has 0 N–H and O–H groups in total. The lowest BCUT2D eigenvalue weighted by molar-refractivity contribution is -0.130. The molecule has 4 nitrogen and oxygen atoms in total. The zero-order valence-corrected chi connectivity index (χ0v) is 16.1. The Balaban J connectivity index is 1.29. The summed E-state index contributed by atoms with van der Waals surface area (Å²) < 4.78 is 1.24. The third-order valence-electron chi connectivity index (χ3n) is 5.74. The zero-order chi connectivity index (χ0) is 18.2. The van der Waals surface area contributed by atoms with Crippen LogP contribution in [0.25, 0.3) is 10.2 Å². The van der Waals surface area contributed by atoms with Crippen molar-refractivity contribution >= 4 is 33.1 Å². The van der Waals surface area contributed by atoms with Gasteiger partial charge in [0.25, 0.3) is 0 Å². The van der Waals surface area contributed by atoms with Crippen molar-refractivity contribution in [3.05, 3.63) is 59.1 Å². The van der Waals surface area contributed by atoms with E-state index < -0.39 is 0 Å². The summed E-state index contributed by atoms with van der Waals surface area (Å²) in [6.07, 6.45) is 3.22. The van der Waals surface area contributed by atoms with E-state index in [1.54, 1.807) is 11.3 Å². The molecule has 0 spiro atoms. The van der Waals surface area contributed by atoms with Crippen molar-refractivity contribution in [2.75, 3.05) is 31.1 Å². The highest BCUT2D eigenvalue weighted by molar-refractivity contribution is 7.18. The van der Waals surface area contributed by atoms with Crippen LogP contribution >= 0.6 is 11.3 Å². The summed E-state index contributed by atoms with van der Waals surface area (Å²) in [5.41, 5.74) is 3.66. The Morgan fingerprint density at radius 2 is 1.96 bits per heavy atom. The van der Waals surface area contributed by atoms with Gasteiger partial charge in [-0.1, -0.05) is 30.3 Å². The summed E-state index contributed by atoms with van der Waals surface area (Å²) in [6, 6.07) is 16.8. The maximum atomic E-state index is 13.0. The number of nitrogens with zero attached hydrogens (tertiary/aromatic N) is 3. The van der Waals surface area contributed by atoms with Gasteiger partial charge in [0, 0.05) is 31.2 Å². The number of amides is 1. The van der Waals surface area contributed by atoms with E-state index in [1.165, 1.54) is 21.0 Å². The smallest absolute Gasteiger partial charge is 0.242 e. The molecule has 3 aromatic rings. The Hall–Kier alpha value is -2.40. The minimum Gasteiger partial charge on any atom is -0.362 e. The van der Waals surface area contributed by atoms with Gasteiger partial charge in [-0.25, -0.2) is 4.98 Å². The molecule has 0 aliphatic carbocycles. The zero-order valence-electron chi connectivity index (χ0n) is 15.3. The lowest BCUT2D eigenvalue weighted by Gasteiger charge is -2.33. The summed E-state index contributed by atoms with van der Waals surface area (Å²) >= 11 is 1.78. The number of benzene rings is 2. The van der Waals surface area contributed by atoms with Gasteiger partial charge in [-0.2, -0.15) is 0 Å². The molecule has 1 atom stereocenters. The highest BCUT2D eigenvalue weighted by Crippen LogP contribution is 2.33. The van der Waals surface area contributed by atoms with Gasteiger partial charge >= 0.3 is 0 Å². The molecular formula is C22H23N3OS. The quantitative estimate of drug-likeness (QED) is 0.690. The third-order valence-corrected chi connectivity index (χ3v) is 6.94. The first-order valence-corrected chi connectivity index (χ1v) is 10.6. The number of thiazole rings is 1. The molecule has 0 radical (unpaired) electrons. The van der Waals surface area contributed by atoms with Crippen molar-refractivity contribution in [2.24, 2.45) is 0 Å². The molecule has 5 heteroatoms. The molecule has 0 saturated carbocycles. The summed E-state index contributed by atoms with van der Waals surface area (Å²) in [5, 5.41) is 1.18. The van der Waals surface area contributed by atoms with Crippen LogP contribution in [0.2, 0.25) is 0 Å². The van der Waals surface area contributed by atoms with Crippen molar-refractivity contribution in [3.63, 3.8) is 0 Å². The molecule has 2 aliphatic heterocycles. The Morgan fingerprint density at radius 3 is 2.89 bits per heavy atom. The molecule has 0 unspecified atom stereocenters. The number of likely N-dealkylation sites (tertiary alicyclic amines) is 1. The Bertz CT molecular complexity index is 949. The van der Waals surface area contributed by atoms with Gasteiger partial charge in [0.1, 0.15) is 0 Å². The Labute approximate surface area is 163 Å². The minimum absolute atomic E-state index is 0.248. The number of carbonyl (C=O) groups excluding carboxylic acids is 1. The van der Waals surface area contributed by atoms with Gasteiger partial charge in [-0.15, -0.1) is 11.3 Å². The van der Waals surface area contributed by atoms with E-state index in [-0.39, 0.29) is 5.91 Å². The van der Waals surface area contributed by atoms with Crippen LogP contribution in [0.4, 0.5) is 5.69 Å². The van der Waals surface area contributed by atoms with E-state index >= 15 is 0 Å². The van der Waals surface area contributed by atoms with E-state index in [1.807, 2.05) is 6.07 Å². The maximum absolute atomic E-state index is 13.0. The van der Waals surface area contributed by atoms with E-state index in [0.717, 1.165) is 44.4 Å². The third kappa shape index (κ3) is 3.21. The molecular weight excluding hydrogens is 354 g/mol. The molecule has 3 heterocycles. The normalized spacial score (nSPS) is 19.5. The number of para-hydroxylation sites is 2. The molecule has 1 fully saturated rings. The highest BCUT2D eigenvalue weighted by atomic mass is 32.1. The van der Waals surface area contributed by atoms with Crippen molar-refractivity contribution in [1.29, 1.82) is 0 Å². The van der Waals surface area contributed by atoms with Crippen LogP contribution in [0.1, 0.15) is 29.3 Å². The Kier molecular flexibility index (Phi) is 4.32. The number of aromatic nitrogens is 1. The van der Waals surface area contributed by atoms with Crippen molar-refractivity contribution < 1.29 is 4.79 Å². The van der Waals surface area contributed by atoms with Crippen molar-refractivity contribution in [1.82, 2.24) is 9.88 Å². The number of piperidine rings is 1. The van der Waals surface area contributed by atoms with E-state index in [9.17, 15) is 4.79 Å². The average Bonchev–Trinajstić information content (AvgIpc) is 3.32. The second-order valence-electron chi connectivity index (χ2n) is 7.50. The van der Waals surface area contributed by atoms with Gasteiger partial charge in [0.15, 0.2) is 0 Å². The van der Waals surface area contributed by atoms with Crippen molar-refractivity contribution in [2.45, 2.75) is 25.2 Å². The summed E-state index contributed by atoms with van der Waals surface area (Å²) in [4.78, 5) is 22.1. The number of fused-ring (bicyclic) bond motifs is 2. The predicted molar refractivity (Wildman–Crippen MR) is 111 cm³/mol. The van der Waals surface area contributed by atoms with Gasteiger partial charge in [-0.05, 0) is 43.0 Å². The molecule has 1 saturated heterocycles. The lowest BCUT2D eigenvalue weighted by Crippen LogP contribution is -2.44.